The van der Waals surface area contributed by atoms with Gasteiger partial charge >= 0.3 is 0 Å². The monoisotopic (exact) mass is 409 g/mol. The summed E-state index contributed by atoms with van der Waals surface area (Å²) in [4.78, 5) is 15.7. The number of aliphatic imine (C=N–C) groups is 1. The Labute approximate surface area is 153 Å². The first-order chi connectivity index (χ1) is 12.0. The molecule has 1 amide bonds. The lowest BCUT2D eigenvalue weighted by atomic mass is 10.1. The minimum absolute atomic E-state index is 0.00892. The summed E-state index contributed by atoms with van der Waals surface area (Å²) in [7, 11) is 1.62. The molecular weight excluding hydrogens is 390 g/mol. The number of ether oxygens (including phenoxy) is 1. The van der Waals surface area contributed by atoms with Gasteiger partial charge in [0.1, 0.15) is 5.75 Å². The maximum Gasteiger partial charge on any atom is 0.273 e. The molecule has 0 saturated carbocycles. The smallest absolute Gasteiger partial charge is 0.273 e. The number of amides is 1. The second-order valence-electron chi connectivity index (χ2n) is 5.15. The summed E-state index contributed by atoms with van der Waals surface area (Å²) in [6, 6.07) is 5.88. The van der Waals surface area contributed by atoms with Crippen LogP contribution in [0.2, 0.25) is 0 Å². The van der Waals surface area contributed by atoms with Crippen LogP contribution in [0.1, 0.15) is 16.1 Å². The molecule has 0 fully saturated rings. The van der Waals surface area contributed by atoms with Crippen LogP contribution in [0.15, 0.2) is 33.9 Å². The molecule has 0 atom stereocenters. The van der Waals surface area contributed by atoms with Crippen molar-refractivity contribution in [2.24, 2.45) is 16.5 Å². The Morgan fingerprint density at radius 3 is 2.92 bits per heavy atom. The van der Waals surface area contributed by atoms with Crippen LogP contribution in [0, 0.1) is 0 Å². The first-order valence-corrected chi connectivity index (χ1v) is 8.35. The van der Waals surface area contributed by atoms with Gasteiger partial charge in [-0.25, -0.2) is 0 Å². The lowest BCUT2D eigenvalue weighted by molar-refractivity contribution is 0.0949. The first-order valence-electron chi connectivity index (χ1n) is 7.55. The number of guanidine groups is 1. The highest BCUT2D eigenvalue weighted by Gasteiger charge is 2.10. The Morgan fingerprint density at radius 1 is 1.44 bits per heavy atom. The lowest BCUT2D eigenvalue weighted by Crippen LogP contribution is -2.29. The van der Waals surface area contributed by atoms with Crippen molar-refractivity contribution >= 4 is 27.8 Å². The van der Waals surface area contributed by atoms with Gasteiger partial charge in [0.2, 0.25) is 0 Å². The van der Waals surface area contributed by atoms with Gasteiger partial charge in [0.05, 0.1) is 24.3 Å². The summed E-state index contributed by atoms with van der Waals surface area (Å²) >= 11 is 3.46. The largest absolute Gasteiger partial charge is 0.496 e. The van der Waals surface area contributed by atoms with Crippen molar-refractivity contribution in [3.05, 3.63) is 40.1 Å². The average Bonchev–Trinajstić information content (AvgIpc) is 3.06. The highest BCUT2D eigenvalue weighted by atomic mass is 79.9. The zero-order valence-electron chi connectivity index (χ0n) is 13.8. The highest BCUT2D eigenvalue weighted by Crippen LogP contribution is 2.25. The predicted molar refractivity (Wildman–Crippen MR) is 97.4 cm³/mol. The van der Waals surface area contributed by atoms with E-state index in [-0.39, 0.29) is 17.6 Å². The number of hydrogen-bond donors (Lipinski definition) is 3. The average molecular weight is 410 g/mol. The van der Waals surface area contributed by atoms with Crippen LogP contribution in [0.25, 0.3) is 0 Å². The van der Waals surface area contributed by atoms with Gasteiger partial charge in [0.15, 0.2) is 11.7 Å². The summed E-state index contributed by atoms with van der Waals surface area (Å²) in [6.45, 7) is 1.24. The van der Waals surface area contributed by atoms with Crippen LogP contribution in [0.5, 0.6) is 5.75 Å². The molecule has 9 nitrogen and oxygen atoms in total. The van der Waals surface area contributed by atoms with Crippen LogP contribution in [0.4, 0.5) is 0 Å². The van der Waals surface area contributed by atoms with E-state index >= 15 is 0 Å². The van der Waals surface area contributed by atoms with E-state index in [0.29, 0.717) is 19.6 Å². The summed E-state index contributed by atoms with van der Waals surface area (Å²) in [5.41, 5.74) is 11.8. The molecule has 1 heterocycles. The molecule has 0 aliphatic carbocycles. The molecule has 25 heavy (non-hydrogen) atoms. The van der Waals surface area contributed by atoms with Crippen molar-refractivity contribution in [1.29, 1.82) is 0 Å². The van der Waals surface area contributed by atoms with E-state index < -0.39 is 0 Å². The van der Waals surface area contributed by atoms with Gasteiger partial charge in [0.25, 0.3) is 5.91 Å². The van der Waals surface area contributed by atoms with E-state index in [4.69, 9.17) is 16.2 Å². The number of carbonyl (C=O) groups excluding carboxylic acids is 1. The summed E-state index contributed by atoms with van der Waals surface area (Å²) in [5, 5.41) is 10.5. The molecule has 0 aliphatic rings. The molecule has 0 unspecified atom stereocenters. The Morgan fingerprint density at radius 2 is 2.24 bits per heavy atom. The fraction of sp³-hybridized carbons (Fsp3) is 0.333. The standard InChI is InChI=1S/C15H20BrN7O2/c1-25-13-3-2-10(8-11(13)16)4-7-23-9-12(21-22-23)14(24)19-5-6-20-15(17)18/h2-3,8-9H,4-7H2,1H3,(H,19,24)(H4,17,18,20). The van der Waals surface area contributed by atoms with Crippen LogP contribution in [-0.4, -0.2) is 47.1 Å². The molecule has 1 aromatic carbocycles. The number of carbonyl (C=O) groups is 1. The number of nitrogens with zero attached hydrogens (tertiary/aromatic N) is 4. The molecule has 1 aromatic heterocycles. The van der Waals surface area contributed by atoms with Crippen molar-refractivity contribution in [1.82, 2.24) is 20.3 Å². The van der Waals surface area contributed by atoms with Gasteiger partial charge in [-0.1, -0.05) is 11.3 Å². The third-order valence-electron chi connectivity index (χ3n) is 3.31. The Balaban J connectivity index is 1.85. The molecule has 0 radical (unpaired) electrons. The summed E-state index contributed by atoms with van der Waals surface area (Å²) < 4.78 is 7.73. The SMILES string of the molecule is COc1ccc(CCn2cc(C(=O)NCCN=C(N)N)nn2)cc1Br. The first kappa shape index (κ1) is 18.7. The number of aromatic nitrogens is 3. The Bertz CT molecular complexity index is 756. The van der Waals surface area contributed by atoms with Gasteiger partial charge in [-0.3, -0.25) is 14.5 Å². The second kappa shape index (κ2) is 9.02. The van der Waals surface area contributed by atoms with E-state index in [1.54, 1.807) is 18.0 Å². The maximum absolute atomic E-state index is 11.9. The van der Waals surface area contributed by atoms with Gasteiger partial charge < -0.3 is 21.5 Å². The molecule has 134 valence electrons. The molecule has 0 bridgehead atoms. The molecule has 0 saturated heterocycles. The van der Waals surface area contributed by atoms with E-state index in [0.717, 1.165) is 22.2 Å². The van der Waals surface area contributed by atoms with Gasteiger partial charge in [-0.15, -0.1) is 5.10 Å². The summed E-state index contributed by atoms with van der Waals surface area (Å²) in [6.07, 6.45) is 2.35. The van der Waals surface area contributed by atoms with Crippen LogP contribution in [-0.2, 0) is 13.0 Å². The number of aryl methyl sites for hydroxylation is 2. The van der Waals surface area contributed by atoms with Crippen LogP contribution >= 0.6 is 15.9 Å². The number of methoxy groups -OCH3 is 1. The van der Waals surface area contributed by atoms with Gasteiger partial charge in [-0.05, 0) is 40.0 Å². The number of nitrogens with one attached hydrogen (secondary N) is 1. The number of rotatable bonds is 8. The molecule has 2 rings (SSSR count). The molecule has 10 heteroatoms. The van der Waals surface area contributed by atoms with Crippen molar-refractivity contribution in [2.45, 2.75) is 13.0 Å². The molecule has 0 spiro atoms. The fourth-order valence-corrected chi connectivity index (χ4v) is 2.65. The number of benzene rings is 1. The van der Waals surface area contributed by atoms with Crippen molar-refractivity contribution in [2.75, 3.05) is 20.2 Å². The van der Waals surface area contributed by atoms with Crippen LogP contribution < -0.4 is 21.5 Å². The van der Waals surface area contributed by atoms with Gasteiger partial charge in [0, 0.05) is 13.1 Å². The third kappa shape index (κ3) is 5.75. The normalized spacial score (nSPS) is 10.3. The Kier molecular flexibility index (Phi) is 6.75. The quantitative estimate of drug-likeness (QED) is 0.326. The van der Waals surface area contributed by atoms with Crippen molar-refractivity contribution < 1.29 is 9.53 Å². The zero-order valence-corrected chi connectivity index (χ0v) is 15.4. The van der Waals surface area contributed by atoms with E-state index in [1.807, 2.05) is 18.2 Å². The topological polar surface area (TPSA) is 133 Å². The second-order valence-corrected chi connectivity index (χ2v) is 6.00. The van der Waals surface area contributed by atoms with E-state index in [9.17, 15) is 4.79 Å². The van der Waals surface area contributed by atoms with Crippen molar-refractivity contribution in [3.63, 3.8) is 0 Å². The van der Waals surface area contributed by atoms with Gasteiger partial charge in [-0.2, -0.15) is 0 Å². The van der Waals surface area contributed by atoms with Crippen LogP contribution in [0.3, 0.4) is 0 Å². The highest BCUT2D eigenvalue weighted by molar-refractivity contribution is 9.10. The minimum Gasteiger partial charge on any atom is -0.496 e. The molecule has 0 aliphatic heterocycles. The van der Waals surface area contributed by atoms with Crippen molar-refractivity contribution in [3.8, 4) is 5.75 Å². The maximum atomic E-state index is 11.9. The Hall–Kier alpha value is -2.62. The zero-order chi connectivity index (χ0) is 18.2. The third-order valence-corrected chi connectivity index (χ3v) is 3.93. The molecule has 2 aromatic rings. The van der Waals surface area contributed by atoms with E-state index in [1.165, 1.54) is 0 Å². The van der Waals surface area contributed by atoms with E-state index in [2.05, 4.69) is 36.6 Å². The summed E-state index contributed by atoms with van der Waals surface area (Å²) in [5.74, 6) is 0.457. The fourth-order valence-electron chi connectivity index (χ4n) is 2.07. The predicted octanol–water partition coefficient (Wildman–Crippen LogP) is 0.295. The molecule has 5 N–H and O–H groups in total. The number of hydrogen-bond acceptors (Lipinski definition) is 5. The number of nitrogens with two attached hydrogens (primary N) is 2. The molecular formula is C15H20BrN7O2. The lowest BCUT2D eigenvalue weighted by Gasteiger charge is -2.06. The minimum atomic E-state index is -0.316. The number of halogens is 1.